The highest BCUT2D eigenvalue weighted by atomic mass is 19.2. The standard InChI is InChI=1S/C24H19F4N/c1-2-3-4-5-17-8-11-24(29-15-17)18-13-21(26)19(22(27)14-18)9-6-16-7-10-20(25)23(28)12-16/h7-8,10-15H,2-5H2,1H3. The lowest BCUT2D eigenvalue weighted by Gasteiger charge is -2.06. The van der Waals surface area contributed by atoms with Gasteiger partial charge in [-0.3, -0.25) is 4.98 Å². The third-order valence-electron chi connectivity index (χ3n) is 4.48. The number of hydrogen-bond donors (Lipinski definition) is 0. The highest BCUT2D eigenvalue weighted by Crippen LogP contribution is 2.23. The predicted octanol–water partition coefficient (Wildman–Crippen LogP) is 6.44. The van der Waals surface area contributed by atoms with E-state index in [2.05, 4.69) is 23.7 Å². The molecule has 0 unspecified atom stereocenters. The van der Waals surface area contributed by atoms with E-state index in [4.69, 9.17) is 0 Å². The van der Waals surface area contributed by atoms with Gasteiger partial charge in [0.2, 0.25) is 0 Å². The van der Waals surface area contributed by atoms with Crippen LogP contribution in [0.2, 0.25) is 0 Å². The minimum absolute atomic E-state index is 0.118. The van der Waals surface area contributed by atoms with Crippen LogP contribution in [0.25, 0.3) is 11.3 Å². The summed E-state index contributed by atoms with van der Waals surface area (Å²) in [5, 5.41) is 0. The summed E-state index contributed by atoms with van der Waals surface area (Å²) in [6.07, 6.45) is 5.99. The van der Waals surface area contributed by atoms with Gasteiger partial charge in [0.05, 0.1) is 11.3 Å². The zero-order valence-electron chi connectivity index (χ0n) is 15.9. The minimum Gasteiger partial charge on any atom is -0.256 e. The van der Waals surface area contributed by atoms with Crippen molar-refractivity contribution in [1.29, 1.82) is 0 Å². The quantitative estimate of drug-likeness (QED) is 0.274. The van der Waals surface area contributed by atoms with Crippen LogP contribution in [0.4, 0.5) is 17.6 Å². The topological polar surface area (TPSA) is 12.9 Å². The molecular formula is C24H19F4N. The number of benzene rings is 2. The lowest BCUT2D eigenvalue weighted by atomic mass is 10.0. The van der Waals surface area contributed by atoms with Crippen LogP contribution in [-0.4, -0.2) is 4.98 Å². The molecule has 3 rings (SSSR count). The van der Waals surface area contributed by atoms with Crippen LogP contribution in [0.5, 0.6) is 0 Å². The first kappa shape index (κ1) is 20.6. The summed E-state index contributed by atoms with van der Waals surface area (Å²) in [4.78, 5) is 4.30. The molecule has 0 bridgehead atoms. The molecule has 0 saturated heterocycles. The van der Waals surface area contributed by atoms with E-state index in [-0.39, 0.29) is 5.56 Å². The molecule has 3 aromatic rings. The van der Waals surface area contributed by atoms with Gasteiger partial charge < -0.3 is 0 Å². The van der Waals surface area contributed by atoms with Gasteiger partial charge in [-0.15, -0.1) is 0 Å². The normalized spacial score (nSPS) is 10.5. The Bertz CT molecular complexity index is 1040. The molecule has 1 aromatic heterocycles. The van der Waals surface area contributed by atoms with Gasteiger partial charge in [-0.1, -0.05) is 37.7 Å². The molecule has 0 saturated carbocycles. The first-order valence-electron chi connectivity index (χ1n) is 9.39. The highest BCUT2D eigenvalue weighted by molar-refractivity contribution is 5.61. The molecule has 0 aliphatic heterocycles. The molecule has 0 N–H and O–H groups in total. The Balaban J connectivity index is 1.82. The Kier molecular flexibility index (Phi) is 6.66. The number of hydrogen-bond acceptors (Lipinski definition) is 1. The van der Waals surface area contributed by atoms with E-state index in [1.54, 1.807) is 12.3 Å². The van der Waals surface area contributed by atoms with Crippen molar-refractivity contribution in [2.24, 2.45) is 0 Å². The van der Waals surface area contributed by atoms with Crippen molar-refractivity contribution >= 4 is 0 Å². The van der Waals surface area contributed by atoms with Crippen LogP contribution in [0, 0.1) is 35.1 Å². The van der Waals surface area contributed by atoms with Crippen molar-refractivity contribution in [1.82, 2.24) is 4.98 Å². The minimum atomic E-state index is -1.07. The van der Waals surface area contributed by atoms with Gasteiger partial charge >= 0.3 is 0 Å². The van der Waals surface area contributed by atoms with Gasteiger partial charge in [-0.2, -0.15) is 0 Å². The van der Waals surface area contributed by atoms with E-state index in [9.17, 15) is 17.6 Å². The summed E-state index contributed by atoms with van der Waals surface area (Å²) in [6.45, 7) is 2.14. The highest BCUT2D eigenvalue weighted by Gasteiger charge is 2.11. The van der Waals surface area contributed by atoms with E-state index in [1.165, 1.54) is 6.07 Å². The Morgan fingerprint density at radius 3 is 2.17 bits per heavy atom. The fraction of sp³-hybridized carbons (Fsp3) is 0.208. The molecule has 0 atom stereocenters. The summed E-state index contributed by atoms with van der Waals surface area (Å²) in [5.41, 5.74) is 1.53. The fourth-order valence-corrected chi connectivity index (χ4v) is 2.87. The predicted molar refractivity (Wildman–Crippen MR) is 105 cm³/mol. The molecular weight excluding hydrogens is 378 g/mol. The van der Waals surface area contributed by atoms with E-state index in [1.807, 2.05) is 6.07 Å². The molecule has 29 heavy (non-hydrogen) atoms. The summed E-state index contributed by atoms with van der Waals surface area (Å²) < 4.78 is 55.0. The summed E-state index contributed by atoms with van der Waals surface area (Å²) >= 11 is 0. The Hall–Kier alpha value is -3.13. The van der Waals surface area contributed by atoms with Crippen molar-refractivity contribution in [2.75, 3.05) is 0 Å². The number of pyridine rings is 1. The van der Waals surface area contributed by atoms with E-state index < -0.39 is 28.8 Å². The van der Waals surface area contributed by atoms with Crippen LogP contribution in [-0.2, 0) is 6.42 Å². The molecule has 0 fully saturated rings. The van der Waals surface area contributed by atoms with Crippen molar-refractivity contribution in [3.05, 3.63) is 88.6 Å². The monoisotopic (exact) mass is 397 g/mol. The molecule has 1 nitrogen and oxygen atoms in total. The molecule has 0 amide bonds. The molecule has 0 aliphatic carbocycles. The SMILES string of the molecule is CCCCCc1ccc(-c2cc(F)c(C#Cc3ccc(F)c(F)c3)c(F)c2)nc1. The second-order valence-corrected chi connectivity index (χ2v) is 6.70. The van der Waals surface area contributed by atoms with Crippen LogP contribution in [0.15, 0.2) is 48.7 Å². The Labute approximate surface area is 167 Å². The third-order valence-corrected chi connectivity index (χ3v) is 4.48. The maximum absolute atomic E-state index is 14.4. The Morgan fingerprint density at radius 1 is 0.793 bits per heavy atom. The van der Waals surface area contributed by atoms with Crippen LogP contribution in [0.1, 0.15) is 42.9 Å². The number of unbranched alkanes of at least 4 members (excludes halogenated alkanes) is 2. The first-order chi connectivity index (χ1) is 14.0. The number of nitrogens with zero attached hydrogens (tertiary/aromatic N) is 1. The van der Waals surface area contributed by atoms with Crippen molar-refractivity contribution < 1.29 is 17.6 Å². The van der Waals surface area contributed by atoms with Gasteiger partial charge in [0.15, 0.2) is 11.6 Å². The molecule has 1 heterocycles. The Morgan fingerprint density at radius 2 is 1.55 bits per heavy atom. The number of aryl methyl sites for hydroxylation is 1. The van der Waals surface area contributed by atoms with Crippen molar-refractivity contribution in [3.63, 3.8) is 0 Å². The van der Waals surface area contributed by atoms with Gasteiger partial charge in [-0.05, 0) is 54.8 Å². The summed E-state index contributed by atoms with van der Waals surface area (Å²) in [7, 11) is 0. The van der Waals surface area contributed by atoms with Crippen molar-refractivity contribution in [2.45, 2.75) is 32.6 Å². The molecule has 0 aliphatic rings. The average Bonchev–Trinajstić information content (AvgIpc) is 2.70. The molecule has 0 spiro atoms. The van der Waals surface area contributed by atoms with Crippen LogP contribution < -0.4 is 0 Å². The largest absolute Gasteiger partial charge is 0.256 e. The number of halogens is 4. The molecule has 2 aromatic carbocycles. The number of aromatic nitrogens is 1. The average molecular weight is 397 g/mol. The van der Waals surface area contributed by atoms with Gasteiger partial charge in [0, 0.05) is 17.3 Å². The fourth-order valence-electron chi connectivity index (χ4n) is 2.87. The maximum atomic E-state index is 14.4. The van der Waals surface area contributed by atoms with E-state index in [0.717, 1.165) is 55.5 Å². The summed E-state index contributed by atoms with van der Waals surface area (Å²) in [6, 6.07) is 8.99. The van der Waals surface area contributed by atoms with E-state index >= 15 is 0 Å². The van der Waals surface area contributed by atoms with Crippen LogP contribution in [0.3, 0.4) is 0 Å². The first-order valence-corrected chi connectivity index (χ1v) is 9.39. The lowest BCUT2D eigenvalue weighted by molar-refractivity contribution is 0.508. The second-order valence-electron chi connectivity index (χ2n) is 6.70. The van der Waals surface area contributed by atoms with Crippen molar-refractivity contribution in [3.8, 4) is 23.1 Å². The third kappa shape index (κ3) is 5.23. The zero-order valence-corrected chi connectivity index (χ0v) is 15.9. The van der Waals surface area contributed by atoms with E-state index in [0.29, 0.717) is 11.3 Å². The smallest absolute Gasteiger partial charge is 0.160 e. The summed E-state index contributed by atoms with van der Waals surface area (Å²) in [5.74, 6) is 1.03. The maximum Gasteiger partial charge on any atom is 0.160 e. The molecule has 0 radical (unpaired) electrons. The van der Waals surface area contributed by atoms with Gasteiger partial charge in [-0.25, -0.2) is 17.6 Å². The number of rotatable bonds is 5. The van der Waals surface area contributed by atoms with Gasteiger partial charge in [0.1, 0.15) is 11.6 Å². The zero-order chi connectivity index (χ0) is 20.8. The molecule has 148 valence electrons. The molecule has 5 heteroatoms. The van der Waals surface area contributed by atoms with Gasteiger partial charge in [0.25, 0.3) is 0 Å². The van der Waals surface area contributed by atoms with Crippen LogP contribution >= 0.6 is 0 Å². The lowest BCUT2D eigenvalue weighted by Crippen LogP contribution is -1.95. The second kappa shape index (κ2) is 9.38.